The summed E-state index contributed by atoms with van der Waals surface area (Å²) in [4.78, 5) is 2.45. The van der Waals surface area contributed by atoms with Crippen molar-refractivity contribution in [1.82, 2.24) is 0 Å². The maximum absolute atomic E-state index is 6.11. The molecule has 0 saturated carbocycles. The van der Waals surface area contributed by atoms with Gasteiger partial charge in [-0.05, 0) is 50.1 Å². The quantitative estimate of drug-likeness (QED) is 0.923. The minimum Gasteiger partial charge on any atom is -0.375 e. The first kappa shape index (κ1) is 14.6. The van der Waals surface area contributed by atoms with Crippen LogP contribution in [0.1, 0.15) is 25.8 Å². The lowest BCUT2D eigenvalue weighted by atomic mass is 10.0. The van der Waals surface area contributed by atoms with E-state index in [4.69, 9.17) is 22.1 Å². The van der Waals surface area contributed by atoms with Crippen molar-refractivity contribution in [3.63, 3.8) is 0 Å². The number of morpholine rings is 1. The molecular weight excluding hydrogens is 260 g/mol. The van der Waals surface area contributed by atoms with Crippen LogP contribution in [-0.4, -0.2) is 31.8 Å². The Morgan fingerprint density at radius 2 is 2.26 bits per heavy atom. The van der Waals surface area contributed by atoms with Crippen LogP contribution in [0.5, 0.6) is 0 Å². The lowest BCUT2D eigenvalue weighted by Crippen LogP contribution is -2.49. The highest BCUT2D eigenvalue weighted by atomic mass is 35.5. The summed E-state index contributed by atoms with van der Waals surface area (Å²) in [6, 6.07) is 6.56. The van der Waals surface area contributed by atoms with Crippen molar-refractivity contribution in [1.29, 1.82) is 0 Å². The van der Waals surface area contributed by atoms with Gasteiger partial charge in [0, 0.05) is 17.3 Å². The summed E-state index contributed by atoms with van der Waals surface area (Å²) in [5, 5.41) is 0.779. The maximum atomic E-state index is 6.11. The first-order chi connectivity index (χ1) is 9.15. The van der Waals surface area contributed by atoms with Crippen LogP contribution in [0.3, 0.4) is 0 Å². The van der Waals surface area contributed by atoms with E-state index in [2.05, 4.69) is 24.8 Å². The van der Waals surface area contributed by atoms with Crippen molar-refractivity contribution in [2.24, 2.45) is 5.73 Å². The number of hydrogen-bond acceptors (Lipinski definition) is 3. The number of ether oxygens (including phenoxy) is 1. The molecule has 1 aromatic rings. The Kier molecular flexibility index (Phi) is 5.08. The molecule has 0 spiro atoms. The third-order valence-electron chi connectivity index (χ3n) is 3.70. The largest absolute Gasteiger partial charge is 0.375 e. The van der Waals surface area contributed by atoms with E-state index >= 15 is 0 Å². The number of nitrogens with two attached hydrogens (primary N) is 1. The highest BCUT2D eigenvalue weighted by molar-refractivity contribution is 6.30. The van der Waals surface area contributed by atoms with Gasteiger partial charge < -0.3 is 15.4 Å². The predicted octanol–water partition coefficient (Wildman–Crippen LogP) is 2.84. The fourth-order valence-electron chi connectivity index (χ4n) is 2.67. The molecule has 0 amide bonds. The van der Waals surface area contributed by atoms with Crippen molar-refractivity contribution in [3.8, 4) is 0 Å². The summed E-state index contributed by atoms with van der Waals surface area (Å²) in [7, 11) is 0. The van der Waals surface area contributed by atoms with Crippen LogP contribution < -0.4 is 10.6 Å². The van der Waals surface area contributed by atoms with Crippen LogP contribution in [-0.2, 0) is 11.2 Å². The zero-order valence-electron chi connectivity index (χ0n) is 11.7. The Balaban J connectivity index is 2.32. The molecule has 4 heteroatoms. The van der Waals surface area contributed by atoms with Gasteiger partial charge in [0.15, 0.2) is 0 Å². The molecular formula is C15H23ClN2O. The summed E-state index contributed by atoms with van der Waals surface area (Å²) >= 11 is 6.11. The highest BCUT2D eigenvalue weighted by Crippen LogP contribution is 2.29. The number of benzene rings is 1. The van der Waals surface area contributed by atoms with E-state index < -0.39 is 0 Å². The Labute approximate surface area is 120 Å². The molecule has 0 aromatic heterocycles. The lowest BCUT2D eigenvalue weighted by molar-refractivity contribution is 0.0299. The maximum Gasteiger partial charge on any atom is 0.0723 e. The standard InChI is InChI=1S/C15H23ClN2O/c1-3-14-10-19-11(2)9-18(14)15-5-4-13(16)8-12(15)6-7-17/h4-5,8,11,14H,3,6-7,9-10,17H2,1-2H3. The Hall–Kier alpha value is -0.770. The summed E-state index contributed by atoms with van der Waals surface area (Å²) in [6.07, 6.45) is 2.21. The fraction of sp³-hybridized carbons (Fsp3) is 0.600. The van der Waals surface area contributed by atoms with Crippen molar-refractivity contribution < 1.29 is 4.74 Å². The molecule has 2 atom stereocenters. The Morgan fingerprint density at radius 3 is 2.95 bits per heavy atom. The molecule has 19 heavy (non-hydrogen) atoms. The number of rotatable bonds is 4. The van der Waals surface area contributed by atoms with E-state index in [1.54, 1.807) is 0 Å². The summed E-state index contributed by atoms with van der Waals surface area (Å²) < 4.78 is 5.76. The first-order valence-electron chi connectivity index (χ1n) is 7.02. The number of halogens is 1. The minimum atomic E-state index is 0.268. The molecule has 1 aliphatic heterocycles. The van der Waals surface area contributed by atoms with Gasteiger partial charge in [-0.1, -0.05) is 18.5 Å². The van der Waals surface area contributed by atoms with Crippen LogP contribution in [0.25, 0.3) is 0 Å². The summed E-state index contributed by atoms with van der Waals surface area (Å²) in [5.74, 6) is 0. The molecule has 2 unspecified atom stereocenters. The van der Waals surface area contributed by atoms with Crippen molar-refractivity contribution in [2.45, 2.75) is 38.8 Å². The molecule has 1 saturated heterocycles. The molecule has 1 heterocycles. The van der Waals surface area contributed by atoms with E-state index in [0.29, 0.717) is 12.6 Å². The third kappa shape index (κ3) is 3.41. The van der Waals surface area contributed by atoms with E-state index in [1.165, 1.54) is 11.3 Å². The Bertz CT molecular complexity index is 425. The average molecular weight is 283 g/mol. The minimum absolute atomic E-state index is 0.268. The van der Waals surface area contributed by atoms with Crippen molar-refractivity contribution in [2.75, 3.05) is 24.6 Å². The van der Waals surface area contributed by atoms with Gasteiger partial charge in [-0.3, -0.25) is 0 Å². The molecule has 1 aromatic carbocycles. The van der Waals surface area contributed by atoms with Crippen LogP contribution in [0, 0.1) is 0 Å². The average Bonchev–Trinajstić information content (AvgIpc) is 2.39. The van der Waals surface area contributed by atoms with Crippen LogP contribution in [0.15, 0.2) is 18.2 Å². The smallest absolute Gasteiger partial charge is 0.0723 e. The van der Waals surface area contributed by atoms with Gasteiger partial charge in [0.1, 0.15) is 0 Å². The lowest BCUT2D eigenvalue weighted by Gasteiger charge is -2.41. The first-order valence-corrected chi connectivity index (χ1v) is 7.40. The normalized spacial score (nSPS) is 23.7. The molecule has 2 N–H and O–H groups in total. The Morgan fingerprint density at radius 1 is 1.47 bits per heavy atom. The third-order valence-corrected chi connectivity index (χ3v) is 3.94. The van der Waals surface area contributed by atoms with E-state index in [0.717, 1.165) is 31.0 Å². The van der Waals surface area contributed by atoms with Gasteiger partial charge in [-0.2, -0.15) is 0 Å². The van der Waals surface area contributed by atoms with Crippen LogP contribution in [0.4, 0.5) is 5.69 Å². The molecule has 106 valence electrons. The van der Waals surface area contributed by atoms with Gasteiger partial charge >= 0.3 is 0 Å². The van der Waals surface area contributed by atoms with Crippen LogP contribution >= 0.6 is 11.6 Å². The van der Waals surface area contributed by atoms with Crippen molar-refractivity contribution >= 4 is 17.3 Å². The number of hydrogen-bond donors (Lipinski definition) is 1. The second kappa shape index (κ2) is 6.60. The highest BCUT2D eigenvalue weighted by Gasteiger charge is 2.27. The fourth-order valence-corrected chi connectivity index (χ4v) is 2.86. The van der Waals surface area contributed by atoms with Gasteiger partial charge in [-0.15, -0.1) is 0 Å². The van der Waals surface area contributed by atoms with Crippen molar-refractivity contribution in [3.05, 3.63) is 28.8 Å². The molecule has 1 aliphatic rings. The van der Waals surface area contributed by atoms with E-state index in [9.17, 15) is 0 Å². The topological polar surface area (TPSA) is 38.5 Å². The predicted molar refractivity (Wildman–Crippen MR) is 81.0 cm³/mol. The summed E-state index contributed by atoms with van der Waals surface area (Å²) in [6.45, 7) is 6.69. The van der Waals surface area contributed by atoms with Gasteiger partial charge in [0.2, 0.25) is 0 Å². The molecule has 0 radical (unpaired) electrons. The number of nitrogens with zero attached hydrogens (tertiary/aromatic N) is 1. The van der Waals surface area contributed by atoms with E-state index in [-0.39, 0.29) is 6.10 Å². The SMILES string of the molecule is CCC1COC(C)CN1c1ccc(Cl)cc1CCN. The van der Waals surface area contributed by atoms with Gasteiger partial charge in [0.05, 0.1) is 18.8 Å². The van der Waals surface area contributed by atoms with E-state index in [1.807, 2.05) is 12.1 Å². The zero-order chi connectivity index (χ0) is 13.8. The monoisotopic (exact) mass is 282 g/mol. The molecule has 1 fully saturated rings. The second-order valence-electron chi connectivity index (χ2n) is 5.17. The molecule has 0 aliphatic carbocycles. The number of anilines is 1. The molecule has 0 bridgehead atoms. The summed E-state index contributed by atoms with van der Waals surface area (Å²) in [5.41, 5.74) is 8.22. The molecule has 3 nitrogen and oxygen atoms in total. The van der Waals surface area contributed by atoms with Gasteiger partial charge in [0.25, 0.3) is 0 Å². The van der Waals surface area contributed by atoms with Gasteiger partial charge in [-0.25, -0.2) is 0 Å². The second-order valence-corrected chi connectivity index (χ2v) is 5.61. The molecule has 2 rings (SSSR count). The zero-order valence-corrected chi connectivity index (χ0v) is 12.5. The van der Waals surface area contributed by atoms with Crippen LogP contribution in [0.2, 0.25) is 5.02 Å².